The average Bonchev–Trinajstić information content (AvgIpc) is 2.59. The summed E-state index contributed by atoms with van der Waals surface area (Å²) in [5, 5.41) is 9.90. The number of nitrogens with zero attached hydrogens (tertiary/aromatic N) is 1. The largest absolute Gasteiger partial charge is 0.837 e. The monoisotopic (exact) mass is 423 g/mol. The lowest BCUT2D eigenvalue weighted by Crippen LogP contribution is -2.63. The van der Waals surface area contributed by atoms with Crippen LogP contribution in [0.4, 0.5) is 26.3 Å². The van der Waals surface area contributed by atoms with E-state index in [1.165, 1.54) is 82.0 Å². The van der Waals surface area contributed by atoms with Gasteiger partial charge in [0, 0.05) is 0 Å². The standard InChI is InChI=1S/C16H36N.C4H3F6O/c1-5-9-13-17(14-10-6-2,15-11-7-3)16-12-8-4;1-2(11,3(5,6)7)4(8,9)10/h5-16H2,1-4H3;1H3/q+1;-1. The molecule has 8 heteroatoms. The van der Waals surface area contributed by atoms with Gasteiger partial charge in [0.25, 0.3) is 0 Å². The van der Waals surface area contributed by atoms with Gasteiger partial charge < -0.3 is 9.59 Å². The number of alkyl halides is 6. The molecule has 0 aromatic rings. The molecule has 2 nitrogen and oxygen atoms in total. The Bertz CT molecular complexity index is 326. The molecule has 0 atom stereocenters. The first-order valence-corrected chi connectivity index (χ1v) is 10.4. The van der Waals surface area contributed by atoms with E-state index in [1.807, 2.05) is 0 Å². The lowest BCUT2D eigenvalue weighted by atomic mass is 10.1. The predicted molar refractivity (Wildman–Crippen MR) is 99.9 cm³/mol. The maximum absolute atomic E-state index is 11.3. The summed E-state index contributed by atoms with van der Waals surface area (Å²) < 4.78 is 69.2. The lowest BCUT2D eigenvalue weighted by molar-refractivity contribution is -0.929. The Morgan fingerprint density at radius 2 is 0.786 bits per heavy atom. The molecule has 0 aromatic carbocycles. The van der Waals surface area contributed by atoms with Gasteiger partial charge in [-0.2, -0.15) is 26.3 Å². The quantitative estimate of drug-likeness (QED) is 0.269. The number of hydrogen-bond donors (Lipinski definition) is 0. The van der Waals surface area contributed by atoms with E-state index in [1.54, 1.807) is 0 Å². The van der Waals surface area contributed by atoms with E-state index in [2.05, 4.69) is 27.7 Å². The van der Waals surface area contributed by atoms with E-state index in [0.717, 1.165) is 0 Å². The summed E-state index contributed by atoms with van der Waals surface area (Å²) >= 11 is 0. The van der Waals surface area contributed by atoms with Gasteiger partial charge in [0.1, 0.15) is 0 Å². The van der Waals surface area contributed by atoms with Gasteiger partial charge in [-0.05, 0) is 25.7 Å². The summed E-state index contributed by atoms with van der Waals surface area (Å²) in [6, 6.07) is 0. The Hall–Kier alpha value is -0.500. The molecule has 0 heterocycles. The van der Waals surface area contributed by atoms with Crippen LogP contribution < -0.4 is 5.11 Å². The Morgan fingerprint density at radius 3 is 0.893 bits per heavy atom. The summed E-state index contributed by atoms with van der Waals surface area (Å²) in [5.41, 5.74) is -4.88. The molecule has 0 saturated carbocycles. The Morgan fingerprint density at radius 1 is 0.571 bits per heavy atom. The first kappa shape index (κ1) is 29.7. The van der Waals surface area contributed by atoms with Gasteiger partial charge in [-0.25, -0.2) is 0 Å². The zero-order chi connectivity index (χ0) is 22.5. The highest BCUT2D eigenvalue weighted by molar-refractivity contribution is 4.87. The molecule has 0 aromatic heterocycles. The number of quaternary nitrogens is 1. The van der Waals surface area contributed by atoms with Crippen LogP contribution in [0.5, 0.6) is 0 Å². The van der Waals surface area contributed by atoms with Crippen LogP contribution in [0.25, 0.3) is 0 Å². The molecule has 0 radical (unpaired) electrons. The van der Waals surface area contributed by atoms with Crippen molar-refractivity contribution in [2.75, 3.05) is 26.2 Å². The van der Waals surface area contributed by atoms with Crippen molar-refractivity contribution >= 4 is 0 Å². The maximum Gasteiger partial charge on any atom is 0.388 e. The third-order valence-corrected chi connectivity index (χ3v) is 5.03. The fraction of sp³-hybridized carbons (Fsp3) is 1.00. The van der Waals surface area contributed by atoms with Crippen molar-refractivity contribution in [2.24, 2.45) is 0 Å². The van der Waals surface area contributed by atoms with Crippen molar-refractivity contribution in [2.45, 2.75) is 104 Å². The third kappa shape index (κ3) is 10.9. The van der Waals surface area contributed by atoms with Crippen LogP contribution in [-0.4, -0.2) is 48.6 Å². The van der Waals surface area contributed by atoms with E-state index in [4.69, 9.17) is 0 Å². The van der Waals surface area contributed by atoms with E-state index in [0.29, 0.717) is 0 Å². The van der Waals surface area contributed by atoms with Crippen LogP contribution in [0.3, 0.4) is 0 Å². The molecule has 0 unspecified atom stereocenters. The highest BCUT2D eigenvalue weighted by Crippen LogP contribution is 2.40. The summed E-state index contributed by atoms with van der Waals surface area (Å²) in [6.07, 6.45) is -0.539. The highest BCUT2D eigenvalue weighted by atomic mass is 19.4. The smallest absolute Gasteiger partial charge is 0.388 e. The molecule has 0 aliphatic heterocycles. The van der Waals surface area contributed by atoms with E-state index in [9.17, 15) is 31.4 Å². The molecule has 172 valence electrons. The number of hydrogen-bond acceptors (Lipinski definition) is 1. The molecule has 0 aliphatic carbocycles. The predicted octanol–water partition coefficient (Wildman–Crippen LogP) is 6.23. The third-order valence-electron chi connectivity index (χ3n) is 5.03. The van der Waals surface area contributed by atoms with Gasteiger partial charge in [-0.3, -0.25) is 0 Å². The SMILES string of the molecule is CC([O-])(C(F)(F)F)C(F)(F)F.CCCC[N+](CCCC)(CCCC)CCCC. The van der Waals surface area contributed by atoms with Crippen LogP contribution in [0.2, 0.25) is 0 Å². The lowest BCUT2D eigenvalue weighted by Gasteiger charge is -2.39. The number of halogens is 6. The Kier molecular flexibility index (Phi) is 14.5. The molecular formula is C20H39F6NO. The summed E-state index contributed by atoms with van der Waals surface area (Å²) in [6.45, 7) is 14.6. The second-order valence-electron chi connectivity index (χ2n) is 7.68. The minimum Gasteiger partial charge on any atom is -0.837 e. The minimum absolute atomic E-state index is 0.451. The molecular weight excluding hydrogens is 384 g/mol. The van der Waals surface area contributed by atoms with Gasteiger partial charge in [0.05, 0.1) is 31.8 Å². The molecule has 0 N–H and O–H groups in total. The fourth-order valence-corrected chi connectivity index (χ4v) is 2.81. The van der Waals surface area contributed by atoms with Gasteiger partial charge in [0.2, 0.25) is 0 Å². The fourth-order valence-electron chi connectivity index (χ4n) is 2.81. The van der Waals surface area contributed by atoms with Crippen molar-refractivity contribution in [3.63, 3.8) is 0 Å². The molecule has 28 heavy (non-hydrogen) atoms. The topological polar surface area (TPSA) is 23.1 Å². The van der Waals surface area contributed by atoms with Crippen LogP contribution in [-0.2, 0) is 0 Å². The molecule has 0 amide bonds. The van der Waals surface area contributed by atoms with Gasteiger partial charge in [-0.1, -0.05) is 60.3 Å². The van der Waals surface area contributed by atoms with E-state index >= 15 is 0 Å². The van der Waals surface area contributed by atoms with Gasteiger partial charge in [0.15, 0.2) is 0 Å². The van der Waals surface area contributed by atoms with Crippen molar-refractivity contribution in [1.29, 1.82) is 0 Å². The minimum atomic E-state index is -5.80. The van der Waals surface area contributed by atoms with Crippen molar-refractivity contribution in [3.8, 4) is 0 Å². The molecule has 0 spiro atoms. The van der Waals surface area contributed by atoms with Crippen LogP contribution in [0.15, 0.2) is 0 Å². The molecule has 0 rings (SSSR count). The van der Waals surface area contributed by atoms with Crippen LogP contribution >= 0.6 is 0 Å². The van der Waals surface area contributed by atoms with Crippen molar-refractivity contribution in [1.82, 2.24) is 0 Å². The summed E-state index contributed by atoms with van der Waals surface area (Å²) in [7, 11) is 0. The number of unbranched alkanes of at least 4 members (excludes halogenated alkanes) is 4. The van der Waals surface area contributed by atoms with Gasteiger partial charge >= 0.3 is 12.4 Å². The second kappa shape index (κ2) is 13.7. The maximum atomic E-state index is 11.3. The first-order chi connectivity index (χ1) is 12.7. The van der Waals surface area contributed by atoms with E-state index < -0.39 is 24.9 Å². The van der Waals surface area contributed by atoms with Crippen molar-refractivity contribution < 1.29 is 35.9 Å². The van der Waals surface area contributed by atoms with Crippen LogP contribution in [0.1, 0.15) is 86.0 Å². The average molecular weight is 424 g/mol. The first-order valence-electron chi connectivity index (χ1n) is 10.4. The Balaban J connectivity index is 0. The molecule has 0 fully saturated rings. The zero-order valence-electron chi connectivity index (χ0n) is 18.1. The summed E-state index contributed by atoms with van der Waals surface area (Å²) in [5.74, 6) is 0. The summed E-state index contributed by atoms with van der Waals surface area (Å²) in [4.78, 5) is 0. The molecule has 0 saturated heterocycles. The number of rotatable bonds is 12. The van der Waals surface area contributed by atoms with Crippen LogP contribution in [0, 0.1) is 0 Å². The van der Waals surface area contributed by atoms with Crippen molar-refractivity contribution in [3.05, 3.63) is 0 Å². The molecule has 0 aliphatic rings. The second-order valence-corrected chi connectivity index (χ2v) is 7.68. The normalized spacial score (nSPS) is 13.3. The zero-order valence-corrected chi connectivity index (χ0v) is 18.1. The molecule has 0 bridgehead atoms. The van der Waals surface area contributed by atoms with Gasteiger partial charge in [-0.15, -0.1) is 0 Å². The van der Waals surface area contributed by atoms with E-state index in [-0.39, 0.29) is 0 Å². The highest BCUT2D eigenvalue weighted by Gasteiger charge is 2.58. The Labute approximate surface area is 166 Å².